The molecule has 102 valence electrons. The van der Waals surface area contributed by atoms with Crippen LogP contribution in [0.2, 0.25) is 0 Å². The second-order valence-electron chi connectivity index (χ2n) is 4.29. The summed E-state index contributed by atoms with van der Waals surface area (Å²) in [6.45, 7) is 3.10. The zero-order chi connectivity index (χ0) is 13.7. The summed E-state index contributed by atoms with van der Waals surface area (Å²) in [6.07, 6.45) is 1.71. The molecule has 19 heavy (non-hydrogen) atoms. The maximum Gasteiger partial charge on any atom is 0.271 e. The zero-order valence-electron chi connectivity index (χ0n) is 10.8. The normalized spacial score (nSPS) is 18.6. The monoisotopic (exact) mass is 263 g/mol. The van der Waals surface area contributed by atoms with Gasteiger partial charge in [-0.3, -0.25) is 9.59 Å². The molecule has 1 aliphatic rings. The molecule has 1 aromatic rings. The van der Waals surface area contributed by atoms with Crippen molar-refractivity contribution in [2.24, 2.45) is 0 Å². The Labute approximate surface area is 111 Å². The molecule has 0 aliphatic carbocycles. The van der Waals surface area contributed by atoms with Crippen LogP contribution in [-0.2, 0) is 4.79 Å². The third kappa shape index (κ3) is 3.40. The van der Waals surface area contributed by atoms with E-state index in [1.54, 1.807) is 12.1 Å². The van der Waals surface area contributed by atoms with Gasteiger partial charge < -0.3 is 16.0 Å². The smallest absolute Gasteiger partial charge is 0.271 e. The minimum absolute atomic E-state index is 0.0270. The molecule has 0 spiro atoms. The molecule has 1 saturated heterocycles. The largest absolute Gasteiger partial charge is 0.357 e. The molecule has 0 radical (unpaired) electrons. The number of rotatable bonds is 4. The van der Waals surface area contributed by atoms with Crippen molar-refractivity contribution in [1.82, 2.24) is 20.8 Å². The molecule has 1 unspecified atom stereocenters. The molecule has 1 aromatic heterocycles. The van der Waals surface area contributed by atoms with E-state index in [9.17, 15) is 9.59 Å². The lowest BCUT2D eigenvalue weighted by molar-refractivity contribution is -0.123. The maximum atomic E-state index is 11.6. The van der Waals surface area contributed by atoms with Crippen LogP contribution < -0.4 is 16.0 Å². The number of amides is 2. The maximum absolute atomic E-state index is 11.6. The van der Waals surface area contributed by atoms with Crippen LogP contribution in [0.25, 0.3) is 0 Å². The Morgan fingerprint density at radius 1 is 1.47 bits per heavy atom. The van der Waals surface area contributed by atoms with Crippen molar-refractivity contribution in [3.8, 4) is 0 Å². The summed E-state index contributed by atoms with van der Waals surface area (Å²) in [5.41, 5.74) is 0.264. The number of carbonyl (C=O) groups is 2. The summed E-state index contributed by atoms with van der Waals surface area (Å²) in [4.78, 5) is 23.1. The fourth-order valence-electron chi connectivity index (χ4n) is 1.87. The van der Waals surface area contributed by atoms with Gasteiger partial charge in [-0.05, 0) is 31.9 Å². The number of hydrogen-bond donors (Lipinski definition) is 3. The topological polar surface area (TPSA) is 96.0 Å². The van der Waals surface area contributed by atoms with Gasteiger partial charge in [0, 0.05) is 13.1 Å². The lowest BCUT2D eigenvalue weighted by Gasteiger charge is -2.22. The SMILES string of the molecule is CCNC(=O)c1ccc(NC2CCCNC2=O)nn1. The molecule has 1 fully saturated rings. The summed E-state index contributed by atoms with van der Waals surface area (Å²) in [5.74, 6) is 0.216. The quantitative estimate of drug-likeness (QED) is 0.706. The third-order valence-corrected chi connectivity index (χ3v) is 2.84. The van der Waals surface area contributed by atoms with Crippen LogP contribution in [0.4, 0.5) is 5.82 Å². The summed E-state index contributed by atoms with van der Waals surface area (Å²) in [6, 6.07) is 2.96. The molecule has 2 amide bonds. The molecule has 2 rings (SSSR count). The predicted molar refractivity (Wildman–Crippen MR) is 69.7 cm³/mol. The van der Waals surface area contributed by atoms with Crippen LogP contribution in [0.15, 0.2) is 12.1 Å². The molecule has 2 heterocycles. The third-order valence-electron chi connectivity index (χ3n) is 2.84. The molecule has 3 N–H and O–H groups in total. The summed E-state index contributed by atoms with van der Waals surface area (Å²) in [7, 11) is 0. The number of carbonyl (C=O) groups excluding carboxylic acids is 2. The lowest BCUT2D eigenvalue weighted by atomic mass is 10.1. The number of nitrogens with zero attached hydrogens (tertiary/aromatic N) is 2. The van der Waals surface area contributed by atoms with Gasteiger partial charge in [-0.15, -0.1) is 10.2 Å². The minimum atomic E-state index is -0.279. The van der Waals surface area contributed by atoms with Crippen molar-refractivity contribution in [3.63, 3.8) is 0 Å². The van der Waals surface area contributed by atoms with Gasteiger partial charge >= 0.3 is 0 Å². The molecule has 0 saturated carbocycles. The van der Waals surface area contributed by atoms with E-state index < -0.39 is 0 Å². The highest BCUT2D eigenvalue weighted by molar-refractivity contribution is 5.92. The molecule has 0 aromatic carbocycles. The van der Waals surface area contributed by atoms with E-state index in [1.165, 1.54) is 0 Å². The number of piperidine rings is 1. The standard InChI is InChI=1S/C12H17N5O2/c1-2-13-12(19)9-5-6-10(17-16-9)15-8-4-3-7-14-11(8)18/h5-6,8H,2-4,7H2,1H3,(H,13,19)(H,14,18)(H,15,17). The number of hydrogen-bond acceptors (Lipinski definition) is 5. The van der Waals surface area contributed by atoms with Crippen molar-refractivity contribution < 1.29 is 9.59 Å². The Hall–Kier alpha value is -2.18. The van der Waals surface area contributed by atoms with E-state index in [-0.39, 0.29) is 23.6 Å². The first-order valence-corrected chi connectivity index (χ1v) is 6.37. The van der Waals surface area contributed by atoms with E-state index in [1.807, 2.05) is 6.92 Å². The molecule has 1 atom stereocenters. The highest BCUT2D eigenvalue weighted by atomic mass is 16.2. The van der Waals surface area contributed by atoms with Gasteiger partial charge in [-0.25, -0.2) is 0 Å². The Kier molecular flexibility index (Phi) is 4.27. The Bertz CT molecular complexity index is 460. The summed E-state index contributed by atoms with van der Waals surface area (Å²) >= 11 is 0. The Balaban J connectivity index is 1.98. The number of nitrogens with one attached hydrogen (secondary N) is 3. The number of anilines is 1. The van der Waals surface area contributed by atoms with E-state index in [0.717, 1.165) is 19.4 Å². The van der Waals surface area contributed by atoms with E-state index >= 15 is 0 Å². The van der Waals surface area contributed by atoms with Gasteiger partial charge in [0.05, 0.1) is 0 Å². The average molecular weight is 263 g/mol. The van der Waals surface area contributed by atoms with Gasteiger partial charge in [-0.1, -0.05) is 0 Å². The van der Waals surface area contributed by atoms with Crippen LogP contribution in [-0.4, -0.2) is 41.1 Å². The van der Waals surface area contributed by atoms with Gasteiger partial charge in [0.2, 0.25) is 5.91 Å². The Morgan fingerprint density at radius 2 is 2.32 bits per heavy atom. The first-order valence-electron chi connectivity index (χ1n) is 6.37. The highest BCUT2D eigenvalue weighted by Crippen LogP contribution is 2.10. The number of aromatic nitrogens is 2. The van der Waals surface area contributed by atoms with E-state index in [2.05, 4.69) is 26.1 Å². The zero-order valence-corrected chi connectivity index (χ0v) is 10.8. The van der Waals surface area contributed by atoms with Crippen molar-refractivity contribution in [2.75, 3.05) is 18.4 Å². The van der Waals surface area contributed by atoms with Crippen LogP contribution in [0.1, 0.15) is 30.3 Å². The van der Waals surface area contributed by atoms with E-state index in [0.29, 0.717) is 12.4 Å². The molecule has 7 heteroatoms. The van der Waals surface area contributed by atoms with Crippen LogP contribution in [0, 0.1) is 0 Å². The van der Waals surface area contributed by atoms with E-state index in [4.69, 9.17) is 0 Å². The second kappa shape index (κ2) is 6.12. The van der Waals surface area contributed by atoms with Crippen molar-refractivity contribution in [2.45, 2.75) is 25.8 Å². The fraction of sp³-hybridized carbons (Fsp3) is 0.500. The molecule has 1 aliphatic heterocycles. The minimum Gasteiger partial charge on any atom is -0.357 e. The van der Waals surface area contributed by atoms with Gasteiger partial charge in [0.25, 0.3) is 5.91 Å². The Morgan fingerprint density at radius 3 is 2.95 bits per heavy atom. The van der Waals surface area contributed by atoms with Crippen molar-refractivity contribution in [1.29, 1.82) is 0 Å². The molecule has 7 nitrogen and oxygen atoms in total. The van der Waals surface area contributed by atoms with Crippen molar-refractivity contribution in [3.05, 3.63) is 17.8 Å². The van der Waals surface area contributed by atoms with Crippen LogP contribution >= 0.6 is 0 Å². The van der Waals surface area contributed by atoms with Gasteiger partial charge in [-0.2, -0.15) is 0 Å². The molecule has 0 bridgehead atoms. The highest BCUT2D eigenvalue weighted by Gasteiger charge is 2.22. The summed E-state index contributed by atoms with van der Waals surface area (Å²) in [5, 5.41) is 16.2. The van der Waals surface area contributed by atoms with Crippen molar-refractivity contribution >= 4 is 17.6 Å². The van der Waals surface area contributed by atoms with Crippen LogP contribution in [0.3, 0.4) is 0 Å². The van der Waals surface area contributed by atoms with Crippen LogP contribution in [0.5, 0.6) is 0 Å². The lowest BCUT2D eigenvalue weighted by Crippen LogP contribution is -2.44. The summed E-state index contributed by atoms with van der Waals surface area (Å²) < 4.78 is 0. The second-order valence-corrected chi connectivity index (χ2v) is 4.29. The molecular formula is C12H17N5O2. The first-order chi connectivity index (χ1) is 9.20. The average Bonchev–Trinajstić information content (AvgIpc) is 2.42. The predicted octanol–water partition coefficient (Wildman–Crippen LogP) is -0.0832. The first kappa shape index (κ1) is 13.3. The molecular weight excluding hydrogens is 246 g/mol. The fourth-order valence-corrected chi connectivity index (χ4v) is 1.87. The van der Waals surface area contributed by atoms with Gasteiger partial charge in [0.15, 0.2) is 5.69 Å². The van der Waals surface area contributed by atoms with Gasteiger partial charge in [0.1, 0.15) is 11.9 Å².